The van der Waals surface area contributed by atoms with Gasteiger partial charge in [0.1, 0.15) is 0 Å². The van der Waals surface area contributed by atoms with Crippen LogP contribution in [-0.4, -0.2) is 27.4 Å². The van der Waals surface area contributed by atoms with E-state index in [0.717, 1.165) is 32.1 Å². The molecule has 0 heterocycles. The van der Waals surface area contributed by atoms with Crippen molar-refractivity contribution in [2.24, 2.45) is 11.8 Å². The number of carboxylic acid groups (broad SMARTS) is 1. The number of hydrogen-bond donors (Lipinski definition) is 3. The number of unbranched alkanes of at least 4 members (excludes halogenated alkanes) is 7. The summed E-state index contributed by atoms with van der Waals surface area (Å²) < 4.78 is 0. The predicted octanol–water partition coefficient (Wildman–Crippen LogP) is 5.21. The summed E-state index contributed by atoms with van der Waals surface area (Å²) in [6.07, 6.45) is 15.9. The fourth-order valence-corrected chi connectivity index (χ4v) is 3.95. The van der Waals surface area contributed by atoms with E-state index in [1.807, 2.05) is 0 Å². The lowest BCUT2D eigenvalue weighted by atomic mass is 9.86. The van der Waals surface area contributed by atoms with Crippen LogP contribution >= 0.6 is 0 Å². The number of aliphatic hydroxyl groups is 2. The van der Waals surface area contributed by atoms with Crippen LogP contribution in [-0.2, 0) is 4.79 Å². The fourth-order valence-electron chi connectivity index (χ4n) is 3.95. The van der Waals surface area contributed by atoms with Gasteiger partial charge in [-0.25, -0.2) is 4.79 Å². The zero-order valence-electron chi connectivity index (χ0n) is 15.3. The molecular weight excluding hydrogens is 304 g/mol. The van der Waals surface area contributed by atoms with E-state index in [0.29, 0.717) is 18.3 Å². The van der Waals surface area contributed by atoms with Crippen molar-refractivity contribution in [1.82, 2.24) is 0 Å². The number of aliphatic carboxylic acids is 1. The summed E-state index contributed by atoms with van der Waals surface area (Å²) in [7, 11) is 0. The summed E-state index contributed by atoms with van der Waals surface area (Å²) in [6.45, 7) is 2.24. The fraction of sp³-hybridized carbons (Fsp3) is 0.850. The lowest BCUT2D eigenvalue weighted by molar-refractivity contribution is -0.135. The normalized spacial score (nSPS) is 24.4. The van der Waals surface area contributed by atoms with Crippen molar-refractivity contribution in [2.45, 2.75) is 96.5 Å². The third-order valence-corrected chi connectivity index (χ3v) is 5.41. The van der Waals surface area contributed by atoms with Crippen LogP contribution in [0.25, 0.3) is 0 Å². The molecule has 140 valence electrons. The monoisotopic (exact) mass is 340 g/mol. The maximum atomic E-state index is 10.5. The molecule has 4 heteroatoms. The molecule has 1 rings (SSSR count). The van der Waals surface area contributed by atoms with Crippen molar-refractivity contribution >= 4 is 5.97 Å². The van der Waals surface area contributed by atoms with Crippen molar-refractivity contribution in [3.63, 3.8) is 0 Å². The maximum absolute atomic E-state index is 10.5. The molecule has 0 aromatic heterocycles. The number of aliphatic hydroxyl groups excluding tert-OH is 2. The second kappa shape index (κ2) is 12.3. The summed E-state index contributed by atoms with van der Waals surface area (Å²) in [5.41, 5.74) is 0. The first-order valence-corrected chi connectivity index (χ1v) is 9.86. The Kier molecular flexibility index (Phi) is 10.8. The molecule has 0 amide bonds. The van der Waals surface area contributed by atoms with E-state index in [-0.39, 0.29) is 6.10 Å². The first-order valence-electron chi connectivity index (χ1n) is 9.86. The van der Waals surface area contributed by atoms with Crippen molar-refractivity contribution in [3.05, 3.63) is 11.8 Å². The smallest absolute Gasteiger partial charge is 0.370 e. The summed E-state index contributed by atoms with van der Waals surface area (Å²) in [4.78, 5) is 10.5. The molecule has 0 unspecified atom stereocenters. The Morgan fingerprint density at radius 3 is 2.33 bits per heavy atom. The van der Waals surface area contributed by atoms with Crippen LogP contribution in [0.3, 0.4) is 0 Å². The topological polar surface area (TPSA) is 77.8 Å². The molecule has 0 aliphatic heterocycles. The number of carbonyl (C=O) groups is 1. The Bertz CT molecular complexity index is 378. The average molecular weight is 341 g/mol. The van der Waals surface area contributed by atoms with Crippen molar-refractivity contribution in [3.8, 4) is 0 Å². The highest BCUT2D eigenvalue weighted by Gasteiger charge is 2.33. The van der Waals surface area contributed by atoms with Crippen molar-refractivity contribution in [2.75, 3.05) is 0 Å². The molecule has 0 radical (unpaired) electrons. The summed E-state index contributed by atoms with van der Waals surface area (Å²) in [6, 6.07) is 0. The van der Waals surface area contributed by atoms with E-state index in [4.69, 9.17) is 10.2 Å². The zero-order valence-corrected chi connectivity index (χ0v) is 15.3. The SMILES string of the molecule is CCCCCCCC[C@H]1CC[C@H](O)[C@@H]1CCCCC=C(O)C(=O)O. The first-order chi connectivity index (χ1) is 11.6. The van der Waals surface area contributed by atoms with Gasteiger partial charge < -0.3 is 15.3 Å². The highest BCUT2D eigenvalue weighted by Crippen LogP contribution is 2.38. The van der Waals surface area contributed by atoms with Gasteiger partial charge in [-0.15, -0.1) is 0 Å². The quantitative estimate of drug-likeness (QED) is 0.244. The van der Waals surface area contributed by atoms with Crippen LogP contribution in [0.2, 0.25) is 0 Å². The molecule has 0 saturated heterocycles. The summed E-state index contributed by atoms with van der Waals surface area (Å²) in [5.74, 6) is -0.746. The van der Waals surface area contributed by atoms with Crippen LogP contribution in [0.4, 0.5) is 0 Å². The molecule has 4 nitrogen and oxygen atoms in total. The molecular formula is C20H36O4. The number of allylic oxidation sites excluding steroid dienone is 1. The molecule has 1 saturated carbocycles. The Balaban J connectivity index is 2.19. The molecule has 0 bridgehead atoms. The largest absolute Gasteiger partial charge is 0.502 e. The van der Waals surface area contributed by atoms with Gasteiger partial charge in [-0.2, -0.15) is 0 Å². The van der Waals surface area contributed by atoms with E-state index in [9.17, 15) is 9.90 Å². The maximum Gasteiger partial charge on any atom is 0.370 e. The second-order valence-electron chi connectivity index (χ2n) is 7.30. The van der Waals surface area contributed by atoms with E-state index >= 15 is 0 Å². The molecule has 0 aromatic rings. The molecule has 3 atom stereocenters. The van der Waals surface area contributed by atoms with E-state index in [1.54, 1.807) is 0 Å². The zero-order chi connectivity index (χ0) is 17.8. The van der Waals surface area contributed by atoms with E-state index in [2.05, 4.69) is 6.92 Å². The predicted molar refractivity (Wildman–Crippen MR) is 97.0 cm³/mol. The molecule has 0 aromatic carbocycles. The van der Waals surface area contributed by atoms with E-state index < -0.39 is 11.7 Å². The van der Waals surface area contributed by atoms with Gasteiger partial charge in [0.15, 0.2) is 5.76 Å². The molecule has 0 spiro atoms. The summed E-state index contributed by atoms with van der Waals surface area (Å²) >= 11 is 0. The van der Waals surface area contributed by atoms with Gasteiger partial charge in [0.2, 0.25) is 0 Å². The highest BCUT2D eigenvalue weighted by atomic mass is 16.4. The molecule has 24 heavy (non-hydrogen) atoms. The third-order valence-electron chi connectivity index (χ3n) is 5.41. The number of carboxylic acids is 1. The van der Waals surface area contributed by atoms with Gasteiger partial charge in [-0.05, 0) is 50.0 Å². The molecule has 1 fully saturated rings. The van der Waals surface area contributed by atoms with Gasteiger partial charge in [-0.1, -0.05) is 58.3 Å². The highest BCUT2D eigenvalue weighted by molar-refractivity contribution is 5.83. The molecule has 1 aliphatic carbocycles. The van der Waals surface area contributed by atoms with Gasteiger partial charge >= 0.3 is 5.97 Å². The minimum atomic E-state index is -1.26. The van der Waals surface area contributed by atoms with Crippen LogP contribution in [0, 0.1) is 11.8 Å². The van der Waals surface area contributed by atoms with Gasteiger partial charge in [0.05, 0.1) is 6.10 Å². The van der Waals surface area contributed by atoms with Gasteiger partial charge in [0, 0.05) is 0 Å². The number of rotatable bonds is 13. The lowest BCUT2D eigenvalue weighted by Crippen LogP contribution is -2.19. The Hall–Kier alpha value is -1.03. The van der Waals surface area contributed by atoms with Crippen LogP contribution in [0.1, 0.15) is 90.4 Å². The van der Waals surface area contributed by atoms with Crippen LogP contribution in [0.15, 0.2) is 11.8 Å². The second-order valence-corrected chi connectivity index (χ2v) is 7.30. The number of hydrogen-bond acceptors (Lipinski definition) is 3. The Labute approximate surface area is 147 Å². The van der Waals surface area contributed by atoms with E-state index in [1.165, 1.54) is 51.0 Å². The molecule has 1 aliphatic rings. The third kappa shape index (κ3) is 8.18. The summed E-state index contributed by atoms with van der Waals surface area (Å²) in [5, 5.41) is 27.9. The van der Waals surface area contributed by atoms with Crippen LogP contribution in [0.5, 0.6) is 0 Å². The van der Waals surface area contributed by atoms with Gasteiger partial charge in [0.25, 0.3) is 0 Å². The minimum absolute atomic E-state index is 0.155. The standard InChI is InChI=1S/C20H36O4/c1-2-3-4-5-6-8-11-16-14-15-18(21)17(16)12-9-7-10-13-19(22)20(23)24/h13,16-18,21-22H,2-12,14-15H2,1H3,(H,23,24)/t16-,17+,18-/m0/s1. The van der Waals surface area contributed by atoms with Gasteiger partial charge in [-0.3, -0.25) is 0 Å². The minimum Gasteiger partial charge on any atom is -0.502 e. The van der Waals surface area contributed by atoms with Crippen molar-refractivity contribution < 1.29 is 20.1 Å². The Morgan fingerprint density at radius 2 is 1.62 bits per heavy atom. The Morgan fingerprint density at radius 1 is 0.958 bits per heavy atom. The lowest BCUT2D eigenvalue weighted by Gasteiger charge is -2.22. The molecule has 3 N–H and O–H groups in total. The first kappa shape index (κ1) is 21.0. The average Bonchev–Trinajstić information content (AvgIpc) is 2.90. The van der Waals surface area contributed by atoms with Crippen molar-refractivity contribution in [1.29, 1.82) is 0 Å². The van der Waals surface area contributed by atoms with Crippen LogP contribution < -0.4 is 0 Å².